The van der Waals surface area contributed by atoms with Crippen molar-refractivity contribution < 1.29 is 4.73 Å². The first kappa shape index (κ1) is 13.8. The minimum absolute atomic E-state index is 0.259. The Morgan fingerprint density at radius 1 is 1.36 bits per heavy atom. The molecule has 22 heavy (non-hydrogen) atoms. The summed E-state index contributed by atoms with van der Waals surface area (Å²) < 4.78 is 2.43. The number of pyridine rings is 1. The highest BCUT2D eigenvalue weighted by atomic mass is 16.5. The van der Waals surface area contributed by atoms with Gasteiger partial charge in [0.05, 0.1) is 5.39 Å². The minimum Gasteiger partial charge on any atom is -0.618 e. The average molecular weight is 294 g/mol. The summed E-state index contributed by atoms with van der Waals surface area (Å²) in [6.45, 7) is 5.35. The van der Waals surface area contributed by atoms with E-state index in [0.717, 1.165) is 10.3 Å². The van der Waals surface area contributed by atoms with Crippen molar-refractivity contribution in [2.24, 2.45) is 0 Å². The molecule has 2 N–H and O–H groups in total. The van der Waals surface area contributed by atoms with Gasteiger partial charge >= 0.3 is 0 Å². The molecule has 0 saturated heterocycles. The number of anilines is 1. The Kier molecular flexibility index (Phi) is 2.95. The molecule has 0 bridgehead atoms. The number of rotatable bonds is 1. The molecular weight excluding hydrogens is 280 g/mol. The molecule has 0 aliphatic rings. The van der Waals surface area contributed by atoms with Crippen LogP contribution in [-0.2, 0) is 0 Å². The van der Waals surface area contributed by atoms with Crippen molar-refractivity contribution in [3.63, 3.8) is 0 Å². The molecule has 7 heteroatoms. The summed E-state index contributed by atoms with van der Waals surface area (Å²) in [7, 11) is 0. The molecule has 110 valence electrons. The van der Waals surface area contributed by atoms with Gasteiger partial charge in [-0.2, -0.15) is 9.99 Å². The van der Waals surface area contributed by atoms with Gasteiger partial charge in [0.25, 0.3) is 0 Å². The molecule has 0 aliphatic heterocycles. The Hall–Kier alpha value is -3.14. The zero-order valence-electron chi connectivity index (χ0n) is 12.5. The van der Waals surface area contributed by atoms with Gasteiger partial charge < -0.3 is 10.9 Å². The third-order valence-electron chi connectivity index (χ3n) is 3.71. The second-order valence-corrected chi connectivity index (χ2v) is 5.12. The first-order valence-corrected chi connectivity index (χ1v) is 6.69. The number of nitrogen functional groups attached to an aromatic ring is 1. The standard InChI is InChI=1S/C15H14N6O/c1-8-4-5-20(22)9(2)13(8)21-14(17)11(6-16)12-7-18-10(3)19-15(12)21/h4-5,7H,17H2,1-3H3. The highest BCUT2D eigenvalue weighted by Crippen LogP contribution is 2.31. The molecule has 0 spiro atoms. The number of nitrogens with two attached hydrogens (primary N) is 1. The lowest BCUT2D eigenvalue weighted by Gasteiger charge is -2.13. The largest absolute Gasteiger partial charge is 0.618 e. The predicted octanol–water partition coefficient (Wildman–Crippen LogP) is 1.43. The van der Waals surface area contributed by atoms with Crippen molar-refractivity contribution in [3.8, 4) is 11.8 Å². The van der Waals surface area contributed by atoms with Crippen LogP contribution in [0.25, 0.3) is 16.7 Å². The van der Waals surface area contributed by atoms with Gasteiger partial charge in [-0.15, -0.1) is 0 Å². The fraction of sp³-hybridized carbons (Fsp3) is 0.200. The van der Waals surface area contributed by atoms with E-state index in [1.807, 2.05) is 6.92 Å². The molecule has 0 unspecified atom stereocenters. The van der Waals surface area contributed by atoms with Crippen LogP contribution in [0.15, 0.2) is 18.5 Å². The molecule has 3 heterocycles. The number of hydrogen-bond acceptors (Lipinski definition) is 5. The fourth-order valence-corrected chi connectivity index (χ4v) is 2.61. The summed E-state index contributed by atoms with van der Waals surface area (Å²) in [6.07, 6.45) is 3.03. The van der Waals surface area contributed by atoms with Gasteiger partial charge in [-0.05, 0) is 19.4 Å². The maximum absolute atomic E-state index is 11.9. The van der Waals surface area contributed by atoms with E-state index in [2.05, 4.69) is 16.0 Å². The SMILES string of the molecule is Cc1ncc2c(C#N)c(N)n(-c3c(C)cc[n+]([O-])c3C)c2n1. The highest BCUT2D eigenvalue weighted by Gasteiger charge is 2.23. The topological polar surface area (TPSA) is 107 Å². The summed E-state index contributed by atoms with van der Waals surface area (Å²) in [5.74, 6) is 0.826. The first-order chi connectivity index (χ1) is 10.5. The third-order valence-corrected chi connectivity index (χ3v) is 3.71. The molecule has 0 aromatic carbocycles. The van der Waals surface area contributed by atoms with Crippen LogP contribution in [0.2, 0.25) is 0 Å². The second kappa shape index (κ2) is 4.70. The molecule has 0 radical (unpaired) electrons. The number of nitrogens with zero attached hydrogens (tertiary/aromatic N) is 5. The van der Waals surface area contributed by atoms with Gasteiger partial charge in [-0.25, -0.2) is 9.97 Å². The third kappa shape index (κ3) is 1.78. The van der Waals surface area contributed by atoms with Crippen LogP contribution in [-0.4, -0.2) is 14.5 Å². The van der Waals surface area contributed by atoms with Crippen molar-refractivity contribution in [3.05, 3.63) is 46.3 Å². The Balaban J connectivity index is 2.53. The van der Waals surface area contributed by atoms with Crippen LogP contribution >= 0.6 is 0 Å². The number of aromatic nitrogens is 4. The number of hydrogen-bond donors (Lipinski definition) is 1. The second-order valence-electron chi connectivity index (χ2n) is 5.12. The van der Waals surface area contributed by atoms with E-state index >= 15 is 0 Å². The van der Waals surface area contributed by atoms with E-state index in [9.17, 15) is 10.5 Å². The van der Waals surface area contributed by atoms with Crippen LogP contribution in [0.4, 0.5) is 5.82 Å². The van der Waals surface area contributed by atoms with Gasteiger partial charge in [0.15, 0.2) is 11.8 Å². The van der Waals surface area contributed by atoms with E-state index in [1.54, 1.807) is 30.7 Å². The van der Waals surface area contributed by atoms with E-state index in [0.29, 0.717) is 33.8 Å². The molecule has 0 saturated carbocycles. The van der Waals surface area contributed by atoms with E-state index in [-0.39, 0.29) is 5.82 Å². The van der Waals surface area contributed by atoms with Crippen molar-refractivity contribution in [1.82, 2.24) is 14.5 Å². The molecule has 0 aliphatic carbocycles. The number of fused-ring (bicyclic) bond motifs is 1. The van der Waals surface area contributed by atoms with Crippen molar-refractivity contribution in [1.29, 1.82) is 5.26 Å². The van der Waals surface area contributed by atoms with Crippen molar-refractivity contribution >= 4 is 16.9 Å². The number of aryl methyl sites for hydroxylation is 2. The van der Waals surface area contributed by atoms with Gasteiger partial charge in [0.1, 0.15) is 29.0 Å². The summed E-state index contributed by atoms with van der Waals surface area (Å²) >= 11 is 0. The Morgan fingerprint density at radius 2 is 2.09 bits per heavy atom. The van der Waals surface area contributed by atoms with Crippen LogP contribution in [0.1, 0.15) is 22.6 Å². The average Bonchev–Trinajstić information content (AvgIpc) is 2.75. The van der Waals surface area contributed by atoms with Gasteiger partial charge in [0, 0.05) is 19.2 Å². The molecule has 3 rings (SSSR count). The van der Waals surface area contributed by atoms with Gasteiger partial charge in [-0.1, -0.05) is 0 Å². The van der Waals surface area contributed by atoms with Gasteiger partial charge in [0.2, 0.25) is 5.69 Å². The summed E-state index contributed by atoms with van der Waals surface area (Å²) in [5, 5.41) is 21.9. The quantitative estimate of drug-likeness (QED) is 0.539. The molecule has 3 aromatic heterocycles. The van der Waals surface area contributed by atoms with Crippen LogP contribution in [0, 0.1) is 37.3 Å². The van der Waals surface area contributed by atoms with E-state index < -0.39 is 0 Å². The predicted molar refractivity (Wildman–Crippen MR) is 81.2 cm³/mol. The lowest BCUT2D eigenvalue weighted by molar-refractivity contribution is -0.612. The summed E-state index contributed by atoms with van der Waals surface area (Å²) in [6, 6.07) is 3.80. The fourth-order valence-electron chi connectivity index (χ4n) is 2.61. The van der Waals surface area contributed by atoms with E-state index in [4.69, 9.17) is 5.73 Å². The highest BCUT2D eigenvalue weighted by molar-refractivity contribution is 5.91. The molecule has 7 nitrogen and oxygen atoms in total. The molecule has 0 atom stereocenters. The van der Waals surface area contributed by atoms with E-state index in [1.165, 1.54) is 6.20 Å². The normalized spacial score (nSPS) is 10.8. The molecule has 3 aromatic rings. The Bertz CT molecular complexity index is 951. The van der Waals surface area contributed by atoms with Crippen molar-refractivity contribution in [2.45, 2.75) is 20.8 Å². The maximum atomic E-state index is 11.9. The monoisotopic (exact) mass is 294 g/mol. The first-order valence-electron chi connectivity index (χ1n) is 6.69. The maximum Gasteiger partial charge on any atom is 0.214 e. The van der Waals surface area contributed by atoms with Crippen LogP contribution < -0.4 is 10.5 Å². The molecular formula is C15H14N6O. The summed E-state index contributed by atoms with van der Waals surface area (Å²) in [4.78, 5) is 8.53. The Labute approximate surface area is 126 Å². The minimum atomic E-state index is 0.259. The van der Waals surface area contributed by atoms with Crippen molar-refractivity contribution in [2.75, 3.05) is 5.73 Å². The molecule has 0 fully saturated rings. The lowest BCUT2D eigenvalue weighted by atomic mass is 10.2. The number of nitriles is 1. The van der Waals surface area contributed by atoms with Crippen LogP contribution in [0.5, 0.6) is 0 Å². The smallest absolute Gasteiger partial charge is 0.214 e. The van der Waals surface area contributed by atoms with Gasteiger partial charge in [-0.3, -0.25) is 4.57 Å². The van der Waals surface area contributed by atoms with Crippen LogP contribution in [0.3, 0.4) is 0 Å². The summed E-state index contributed by atoms with van der Waals surface area (Å²) in [5.41, 5.74) is 9.00. The Morgan fingerprint density at radius 3 is 2.77 bits per heavy atom. The zero-order chi connectivity index (χ0) is 16.0. The lowest BCUT2D eigenvalue weighted by Crippen LogP contribution is -2.31. The molecule has 0 amide bonds. The zero-order valence-corrected chi connectivity index (χ0v) is 12.5.